The van der Waals surface area contributed by atoms with Crippen LogP contribution in [0.25, 0.3) is 0 Å². The first-order valence-electron chi connectivity index (χ1n) is 8.74. The fourth-order valence-corrected chi connectivity index (χ4v) is 4.04. The van der Waals surface area contributed by atoms with Gasteiger partial charge in [-0.05, 0) is 38.1 Å². The van der Waals surface area contributed by atoms with Gasteiger partial charge in [0.1, 0.15) is 0 Å². The first-order valence-corrected chi connectivity index (χ1v) is 8.74. The lowest BCUT2D eigenvalue weighted by atomic mass is 9.89. The summed E-state index contributed by atoms with van der Waals surface area (Å²) >= 11 is 0. The van der Waals surface area contributed by atoms with Crippen molar-refractivity contribution in [3.8, 4) is 0 Å². The third-order valence-corrected chi connectivity index (χ3v) is 5.20. The van der Waals surface area contributed by atoms with E-state index in [1.165, 1.54) is 44.9 Å². The van der Waals surface area contributed by atoms with Gasteiger partial charge in [-0.1, -0.05) is 40.0 Å². The van der Waals surface area contributed by atoms with Crippen molar-refractivity contribution in [2.45, 2.75) is 83.3 Å². The second-order valence-corrected chi connectivity index (χ2v) is 7.24. The van der Waals surface area contributed by atoms with Crippen LogP contribution in [0.3, 0.4) is 0 Å². The lowest BCUT2D eigenvalue weighted by Crippen LogP contribution is -2.61. The molecule has 3 nitrogen and oxygen atoms in total. The number of rotatable bonds is 8. The van der Waals surface area contributed by atoms with E-state index < -0.39 is 0 Å². The molecule has 20 heavy (non-hydrogen) atoms. The lowest BCUT2D eigenvalue weighted by molar-refractivity contribution is 0.0568. The fourth-order valence-electron chi connectivity index (χ4n) is 4.04. The summed E-state index contributed by atoms with van der Waals surface area (Å²) in [6.45, 7) is 9.08. The summed E-state index contributed by atoms with van der Waals surface area (Å²) in [7, 11) is 0. The molecule has 0 aliphatic heterocycles. The lowest BCUT2D eigenvalue weighted by Gasteiger charge is -2.43. The zero-order valence-corrected chi connectivity index (χ0v) is 13.7. The molecule has 0 bridgehead atoms. The minimum absolute atomic E-state index is 0.0678. The van der Waals surface area contributed by atoms with Crippen molar-refractivity contribution in [2.75, 3.05) is 19.7 Å². The highest BCUT2D eigenvalue weighted by Gasteiger charge is 2.46. The van der Waals surface area contributed by atoms with Crippen LogP contribution < -0.4 is 5.32 Å². The van der Waals surface area contributed by atoms with E-state index in [9.17, 15) is 5.11 Å². The van der Waals surface area contributed by atoms with Gasteiger partial charge in [0.2, 0.25) is 0 Å². The van der Waals surface area contributed by atoms with Crippen molar-refractivity contribution < 1.29 is 5.11 Å². The molecule has 1 unspecified atom stereocenters. The Balaban J connectivity index is 2.03. The molecule has 0 aromatic carbocycles. The first kappa shape index (κ1) is 16.3. The van der Waals surface area contributed by atoms with Gasteiger partial charge in [0, 0.05) is 18.6 Å². The average molecular weight is 282 g/mol. The Bertz CT molecular complexity index is 285. The molecule has 2 fully saturated rings. The number of aliphatic hydroxyl groups is 1. The molecule has 1 atom stereocenters. The van der Waals surface area contributed by atoms with Gasteiger partial charge in [-0.2, -0.15) is 0 Å². The van der Waals surface area contributed by atoms with Gasteiger partial charge in [-0.25, -0.2) is 0 Å². The standard InChI is InChI=1S/C17H34N2O/c1-4-19(16-8-6-5-7-9-16)12-17(13-20,15-10-11-15)18-14(2)3/h14-16,18,20H,4-13H2,1-3H3. The van der Waals surface area contributed by atoms with Crippen LogP contribution in [0.15, 0.2) is 0 Å². The molecule has 2 N–H and O–H groups in total. The maximum atomic E-state index is 10.1. The van der Waals surface area contributed by atoms with Crippen LogP contribution in [0, 0.1) is 5.92 Å². The van der Waals surface area contributed by atoms with Gasteiger partial charge in [0.25, 0.3) is 0 Å². The predicted octanol–water partition coefficient (Wildman–Crippen LogP) is 2.78. The Hall–Kier alpha value is -0.120. The van der Waals surface area contributed by atoms with Crippen molar-refractivity contribution in [2.24, 2.45) is 5.92 Å². The Morgan fingerprint density at radius 1 is 1.15 bits per heavy atom. The Morgan fingerprint density at radius 2 is 1.80 bits per heavy atom. The molecule has 0 radical (unpaired) electrons. The van der Waals surface area contributed by atoms with Crippen molar-refractivity contribution >= 4 is 0 Å². The summed E-state index contributed by atoms with van der Waals surface area (Å²) in [5, 5.41) is 13.8. The SMILES string of the molecule is CCN(CC(CO)(NC(C)C)C1CC1)C1CCCCC1. The molecule has 2 aliphatic carbocycles. The summed E-state index contributed by atoms with van der Waals surface area (Å²) in [5.74, 6) is 0.674. The summed E-state index contributed by atoms with van der Waals surface area (Å²) < 4.78 is 0. The third kappa shape index (κ3) is 3.96. The summed E-state index contributed by atoms with van der Waals surface area (Å²) in [5.41, 5.74) is -0.0678. The van der Waals surface area contributed by atoms with E-state index in [1.807, 2.05) is 0 Å². The smallest absolute Gasteiger partial charge is 0.0628 e. The molecular formula is C17H34N2O. The maximum absolute atomic E-state index is 10.1. The number of aliphatic hydroxyl groups excluding tert-OH is 1. The predicted molar refractivity (Wildman–Crippen MR) is 84.9 cm³/mol. The second kappa shape index (κ2) is 7.24. The molecule has 0 heterocycles. The van der Waals surface area contributed by atoms with Gasteiger partial charge >= 0.3 is 0 Å². The van der Waals surface area contributed by atoms with Gasteiger partial charge in [0.05, 0.1) is 12.1 Å². The third-order valence-electron chi connectivity index (χ3n) is 5.20. The first-order chi connectivity index (χ1) is 9.61. The molecule has 3 heteroatoms. The highest BCUT2D eigenvalue weighted by Crippen LogP contribution is 2.41. The molecular weight excluding hydrogens is 248 g/mol. The highest BCUT2D eigenvalue weighted by atomic mass is 16.3. The van der Waals surface area contributed by atoms with Gasteiger partial charge in [-0.15, -0.1) is 0 Å². The number of likely N-dealkylation sites (N-methyl/N-ethyl adjacent to an activating group) is 1. The molecule has 0 amide bonds. The zero-order valence-electron chi connectivity index (χ0n) is 13.7. The Labute approximate surface area is 125 Å². The fraction of sp³-hybridized carbons (Fsp3) is 1.00. The zero-order chi connectivity index (χ0) is 14.6. The molecule has 2 saturated carbocycles. The highest BCUT2D eigenvalue weighted by molar-refractivity contribution is 5.04. The van der Waals surface area contributed by atoms with E-state index in [2.05, 4.69) is 31.0 Å². The maximum Gasteiger partial charge on any atom is 0.0628 e. The monoisotopic (exact) mass is 282 g/mol. The van der Waals surface area contributed by atoms with Crippen LogP contribution in [0.1, 0.15) is 65.7 Å². The van der Waals surface area contributed by atoms with E-state index in [-0.39, 0.29) is 12.1 Å². The molecule has 2 aliphatic rings. The van der Waals surface area contributed by atoms with Crippen LogP contribution in [0.5, 0.6) is 0 Å². The second-order valence-electron chi connectivity index (χ2n) is 7.24. The molecule has 118 valence electrons. The molecule has 2 rings (SSSR count). The van der Waals surface area contributed by atoms with E-state index in [1.54, 1.807) is 0 Å². The van der Waals surface area contributed by atoms with E-state index >= 15 is 0 Å². The van der Waals surface area contributed by atoms with Crippen molar-refractivity contribution in [1.29, 1.82) is 0 Å². The molecule has 0 aromatic rings. The van der Waals surface area contributed by atoms with Crippen LogP contribution in [0.4, 0.5) is 0 Å². The summed E-state index contributed by atoms with van der Waals surface area (Å²) in [6.07, 6.45) is 9.43. The van der Waals surface area contributed by atoms with E-state index in [4.69, 9.17) is 0 Å². The molecule has 0 spiro atoms. The Kier molecular flexibility index (Phi) is 5.88. The van der Waals surface area contributed by atoms with Crippen molar-refractivity contribution in [3.63, 3.8) is 0 Å². The van der Waals surface area contributed by atoms with Crippen LogP contribution in [-0.2, 0) is 0 Å². The minimum Gasteiger partial charge on any atom is -0.394 e. The topological polar surface area (TPSA) is 35.5 Å². The van der Waals surface area contributed by atoms with E-state index in [0.29, 0.717) is 12.0 Å². The molecule has 0 aromatic heterocycles. The summed E-state index contributed by atoms with van der Waals surface area (Å²) in [4.78, 5) is 2.64. The van der Waals surface area contributed by atoms with Crippen LogP contribution in [0.2, 0.25) is 0 Å². The number of nitrogens with one attached hydrogen (secondary N) is 1. The summed E-state index contributed by atoms with van der Waals surface area (Å²) in [6, 6.07) is 1.18. The quantitative estimate of drug-likeness (QED) is 0.718. The van der Waals surface area contributed by atoms with Crippen LogP contribution in [-0.4, -0.2) is 47.3 Å². The van der Waals surface area contributed by atoms with E-state index in [0.717, 1.165) is 19.1 Å². The van der Waals surface area contributed by atoms with Gasteiger partial charge in [-0.3, -0.25) is 4.90 Å². The molecule has 0 saturated heterocycles. The number of hydrogen-bond acceptors (Lipinski definition) is 3. The average Bonchev–Trinajstić information content (AvgIpc) is 3.29. The van der Waals surface area contributed by atoms with Gasteiger partial charge in [0.15, 0.2) is 0 Å². The normalized spacial score (nSPS) is 24.3. The van der Waals surface area contributed by atoms with Gasteiger partial charge < -0.3 is 10.4 Å². The number of nitrogens with zero attached hydrogens (tertiary/aromatic N) is 1. The largest absolute Gasteiger partial charge is 0.394 e. The van der Waals surface area contributed by atoms with Crippen molar-refractivity contribution in [3.05, 3.63) is 0 Å². The number of hydrogen-bond donors (Lipinski definition) is 2. The minimum atomic E-state index is -0.0678. The van der Waals surface area contributed by atoms with Crippen LogP contribution >= 0.6 is 0 Å². The van der Waals surface area contributed by atoms with Crippen molar-refractivity contribution in [1.82, 2.24) is 10.2 Å². The Morgan fingerprint density at radius 3 is 2.25 bits per heavy atom.